The first-order chi connectivity index (χ1) is 6.56. The Morgan fingerprint density at radius 3 is 2.50 bits per heavy atom. The van der Waals surface area contributed by atoms with E-state index in [9.17, 15) is 4.39 Å². The first kappa shape index (κ1) is 11.5. The van der Waals surface area contributed by atoms with Crippen molar-refractivity contribution >= 4 is 15.9 Å². The third kappa shape index (κ3) is 2.47. The van der Waals surface area contributed by atoms with Gasteiger partial charge in [-0.1, -0.05) is 29.8 Å². The highest BCUT2D eigenvalue weighted by Gasteiger charge is 2.17. The van der Waals surface area contributed by atoms with Gasteiger partial charge in [-0.2, -0.15) is 0 Å². The van der Waals surface area contributed by atoms with Gasteiger partial charge in [0.1, 0.15) is 11.6 Å². The lowest BCUT2D eigenvalue weighted by Gasteiger charge is -2.17. The molecule has 0 aromatic heterocycles. The quantitative estimate of drug-likeness (QED) is 0.749. The van der Waals surface area contributed by atoms with Gasteiger partial charge in [-0.05, 0) is 24.1 Å². The van der Waals surface area contributed by atoms with E-state index in [0.29, 0.717) is 5.92 Å². The van der Waals surface area contributed by atoms with Gasteiger partial charge < -0.3 is 4.74 Å². The van der Waals surface area contributed by atoms with Crippen molar-refractivity contribution in [1.29, 1.82) is 0 Å². The average molecular weight is 261 g/mol. The zero-order valence-electron chi connectivity index (χ0n) is 8.55. The summed E-state index contributed by atoms with van der Waals surface area (Å²) in [5.74, 6) is 0.888. The van der Waals surface area contributed by atoms with Crippen LogP contribution in [0.2, 0.25) is 0 Å². The van der Waals surface area contributed by atoms with Crippen molar-refractivity contribution < 1.29 is 9.13 Å². The van der Waals surface area contributed by atoms with Crippen LogP contribution in [-0.2, 0) is 0 Å². The van der Waals surface area contributed by atoms with Gasteiger partial charge in [0.25, 0.3) is 0 Å². The first-order valence-electron chi connectivity index (χ1n) is 4.53. The van der Waals surface area contributed by atoms with E-state index in [1.165, 1.54) is 12.1 Å². The summed E-state index contributed by atoms with van der Waals surface area (Å²) < 4.78 is 18.2. The molecule has 0 aliphatic heterocycles. The van der Waals surface area contributed by atoms with Gasteiger partial charge in [0.05, 0.1) is 7.11 Å². The smallest absolute Gasteiger partial charge is 0.123 e. The van der Waals surface area contributed by atoms with E-state index in [1.54, 1.807) is 13.2 Å². The van der Waals surface area contributed by atoms with Crippen molar-refractivity contribution in [3.05, 3.63) is 29.6 Å². The molecule has 0 bridgehead atoms. The fourth-order valence-corrected chi connectivity index (χ4v) is 1.64. The van der Waals surface area contributed by atoms with Crippen LogP contribution in [0.25, 0.3) is 0 Å². The van der Waals surface area contributed by atoms with Gasteiger partial charge in [0.2, 0.25) is 0 Å². The topological polar surface area (TPSA) is 9.23 Å². The molecule has 1 nitrogen and oxygen atoms in total. The Balaban J connectivity index is 3.10. The Morgan fingerprint density at radius 2 is 2.00 bits per heavy atom. The molecule has 1 unspecified atom stereocenters. The molecule has 1 rings (SSSR count). The Morgan fingerprint density at radius 1 is 1.36 bits per heavy atom. The number of alkyl halides is 1. The molecule has 1 aromatic rings. The molecule has 0 saturated carbocycles. The van der Waals surface area contributed by atoms with Crippen LogP contribution in [0.4, 0.5) is 4.39 Å². The number of rotatable bonds is 3. The number of methoxy groups -OCH3 is 1. The van der Waals surface area contributed by atoms with E-state index in [2.05, 4.69) is 29.8 Å². The largest absolute Gasteiger partial charge is 0.496 e. The molecule has 0 N–H and O–H groups in total. The van der Waals surface area contributed by atoms with Crippen LogP contribution in [0.15, 0.2) is 18.2 Å². The summed E-state index contributed by atoms with van der Waals surface area (Å²) in [5.41, 5.74) is 0.863. The van der Waals surface area contributed by atoms with E-state index in [-0.39, 0.29) is 10.6 Å². The summed E-state index contributed by atoms with van der Waals surface area (Å²) in [6.45, 7) is 4.15. The zero-order chi connectivity index (χ0) is 10.7. The third-order valence-corrected chi connectivity index (χ3v) is 3.62. The minimum Gasteiger partial charge on any atom is -0.496 e. The maximum absolute atomic E-state index is 13.0. The Bertz CT molecular complexity index is 312. The van der Waals surface area contributed by atoms with Crippen molar-refractivity contribution in [3.63, 3.8) is 0 Å². The molecular formula is C11H14BrFO. The van der Waals surface area contributed by atoms with Crippen molar-refractivity contribution in [1.82, 2.24) is 0 Å². The predicted molar refractivity (Wildman–Crippen MR) is 59.5 cm³/mol. The Kier molecular flexibility index (Phi) is 3.93. The number of hydrogen-bond acceptors (Lipinski definition) is 1. The summed E-state index contributed by atoms with van der Waals surface area (Å²) in [7, 11) is 1.59. The molecule has 14 heavy (non-hydrogen) atoms. The lowest BCUT2D eigenvalue weighted by Crippen LogP contribution is -2.02. The van der Waals surface area contributed by atoms with E-state index in [1.807, 2.05) is 0 Å². The fourth-order valence-electron chi connectivity index (χ4n) is 1.28. The van der Waals surface area contributed by atoms with Gasteiger partial charge >= 0.3 is 0 Å². The molecule has 0 spiro atoms. The maximum Gasteiger partial charge on any atom is 0.123 e. The molecule has 0 saturated heterocycles. The van der Waals surface area contributed by atoms with Crippen LogP contribution in [0.5, 0.6) is 5.75 Å². The van der Waals surface area contributed by atoms with Gasteiger partial charge in [-0.3, -0.25) is 0 Å². The van der Waals surface area contributed by atoms with Crippen molar-refractivity contribution in [2.75, 3.05) is 7.11 Å². The van der Waals surface area contributed by atoms with Crippen LogP contribution >= 0.6 is 15.9 Å². The van der Waals surface area contributed by atoms with Crippen LogP contribution in [-0.4, -0.2) is 7.11 Å². The van der Waals surface area contributed by atoms with Gasteiger partial charge in [-0.15, -0.1) is 0 Å². The average Bonchev–Trinajstić information content (AvgIpc) is 2.16. The highest BCUT2D eigenvalue weighted by molar-refractivity contribution is 9.09. The van der Waals surface area contributed by atoms with Gasteiger partial charge in [-0.25, -0.2) is 4.39 Å². The molecule has 0 aliphatic rings. The number of halogens is 2. The highest BCUT2D eigenvalue weighted by Crippen LogP contribution is 2.36. The standard InChI is InChI=1S/C11H14BrFO/c1-7(2)11(12)9-6-8(13)4-5-10(9)14-3/h4-7,11H,1-3H3. The van der Waals surface area contributed by atoms with Crippen LogP contribution in [0.1, 0.15) is 24.2 Å². The number of ether oxygens (including phenoxy) is 1. The number of hydrogen-bond donors (Lipinski definition) is 0. The molecule has 0 radical (unpaired) electrons. The van der Waals surface area contributed by atoms with Crippen LogP contribution in [0, 0.1) is 11.7 Å². The Labute approximate surface area is 92.4 Å². The molecule has 0 heterocycles. The summed E-state index contributed by atoms with van der Waals surface area (Å²) in [6.07, 6.45) is 0. The zero-order valence-corrected chi connectivity index (χ0v) is 10.1. The molecule has 78 valence electrons. The molecule has 0 fully saturated rings. The normalized spacial score (nSPS) is 13.0. The first-order valence-corrected chi connectivity index (χ1v) is 5.45. The molecule has 1 atom stereocenters. The van der Waals surface area contributed by atoms with Crippen LogP contribution in [0.3, 0.4) is 0 Å². The summed E-state index contributed by atoms with van der Waals surface area (Å²) in [4.78, 5) is 0.119. The second-order valence-electron chi connectivity index (χ2n) is 3.53. The molecule has 1 aromatic carbocycles. The van der Waals surface area contributed by atoms with Crippen LogP contribution < -0.4 is 4.74 Å². The lowest BCUT2D eigenvalue weighted by molar-refractivity contribution is 0.405. The summed E-state index contributed by atoms with van der Waals surface area (Å²) >= 11 is 3.53. The van der Waals surface area contributed by atoms with E-state index in [0.717, 1.165) is 11.3 Å². The van der Waals surface area contributed by atoms with Gasteiger partial charge in [0.15, 0.2) is 0 Å². The molecular weight excluding hydrogens is 247 g/mol. The van der Waals surface area contributed by atoms with Gasteiger partial charge in [0, 0.05) is 10.4 Å². The number of benzene rings is 1. The van der Waals surface area contributed by atoms with E-state index in [4.69, 9.17) is 4.74 Å². The fraction of sp³-hybridized carbons (Fsp3) is 0.455. The minimum absolute atomic E-state index is 0.119. The highest BCUT2D eigenvalue weighted by atomic mass is 79.9. The Hall–Kier alpha value is -0.570. The van der Waals surface area contributed by atoms with Crippen molar-refractivity contribution in [3.8, 4) is 5.75 Å². The van der Waals surface area contributed by atoms with E-state index >= 15 is 0 Å². The predicted octanol–water partition coefficient (Wildman–Crippen LogP) is 3.93. The lowest BCUT2D eigenvalue weighted by atomic mass is 10.0. The second-order valence-corrected chi connectivity index (χ2v) is 4.52. The molecule has 3 heteroatoms. The maximum atomic E-state index is 13.0. The summed E-state index contributed by atoms with van der Waals surface area (Å²) in [6, 6.07) is 4.57. The monoisotopic (exact) mass is 260 g/mol. The summed E-state index contributed by atoms with van der Waals surface area (Å²) in [5, 5.41) is 0. The molecule has 0 amide bonds. The minimum atomic E-state index is -0.231. The SMILES string of the molecule is COc1ccc(F)cc1C(Br)C(C)C. The van der Waals surface area contributed by atoms with Crippen molar-refractivity contribution in [2.24, 2.45) is 5.92 Å². The second kappa shape index (κ2) is 4.78. The van der Waals surface area contributed by atoms with Crippen molar-refractivity contribution in [2.45, 2.75) is 18.7 Å². The third-order valence-electron chi connectivity index (χ3n) is 2.07. The van der Waals surface area contributed by atoms with E-state index < -0.39 is 0 Å². The molecule has 0 aliphatic carbocycles.